The van der Waals surface area contributed by atoms with Crippen molar-refractivity contribution in [1.82, 2.24) is 9.55 Å². The number of hydrogen-bond acceptors (Lipinski definition) is 5. The molecule has 3 rings (SSSR count). The van der Waals surface area contributed by atoms with Crippen LogP contribution in [0.2, 0.25) is 0 Å². The number of aromatic nitrogens is 2. The molecular formula is C19H16F2N2O5S. The van der Waals surface area contributed by atoms with Crippen LogP contribution in [0.5, 0.6) is 5.75 Å². The molecule has 1 aromatic carbocycles. The third-order valence-electron chi connectivity index (χ3n) is 4.04. The minimum atomic E-state index is -3.63. The molecule has 0 aliphatic rings. The molecule has 0 bridgehead atoms. The van der Waals surface area contributed by atoms with Crippen LogP contribution in [0.25, 0.3) is 5.82 Å². The Morgan fingerprint density at radius 1 is 1.17 bits per heavy atom. The van der Waals surface area contributed by atoms with E-state index in [1.54, 1.807) is 6.92 Å². The molecule has 2 aromatic heterocycles. The molecule has 0 saturated carbocycles. The molecule has 0 amide bonds. The van der Waals surface area contributed by atoms with Gasteiger partial charge >= 0.3 is 5.97 Å². The van der Waals surface area contributed by atoms with Gasteiger partial charge in [-0.2, -0.15) is 0 Å². The molecule has 10 heteroatoms. The van der Waals surface area contributed by atoms with E-state index in [1.165, 1.54) is 22.9 Å². The molecule has 0 aliphatic heterocycles. The van der Waals surface area contributed by atoms with Crippen LogP contribution in [0.1, 0.15) is 21.6 Å². The Balaban J connectivity index is 1.96. The highest BCUT2D eigenvalue weighted by atomic mass is 32.2. The van der Waals surface area contributed by atoms with Crippen LogP contribution < -0.4 is 4.74 Å². The second-order valence-electron chi connectivity index (χ2n) is 6.38. The number of rotatable bonds is 6. The number of carboxylic acid groups (broad SMARTS) is 1. The minimum Gasteiger partial charge on any atom is -0.485 e. The van der Waals surface area contributed by atoms with Crippen LogP contribution in [-0.2, 0) is 16.4 Å². The lowest BCUT2D eigenvalue weighted by Gasteiger charge is -2.13. The molecule has 0 saturated heterocycles. The van der Waals surface area contributed by atoms with Crippen molar-refractivity contribution in [3.8, 4) is 11.6 Å². The zero-order chi connectivity index (χ0) is 21.3. The molecule has 152 valence electrons. The molecule has 3 aromatic rings. The zero-order valence-corrected chi connectivity index (χ0v) is 16.2. The Morgan fingerprint density at radius 3 is 2.52 bits per heavy atom. The Labute approximate surface area is 165 Å². The van der Waals surface area contributed by atoms with Crippen LogP contribution in [-0.4, -0.2) is 35.3 Å². The lowest BCUT2D eigenvalue weighted by Crippen LogP contribution is -2.06. The number of carboxylic acids is 1. The maximum absolute atomic E-state index is 13.8. The lowest BCUT2D eigenvalue weighted by molar-refractivity contribution is 0.0697. The number of halogens is 2. The summed E-state index contributed by atoms with van der Waals surface area (Å²) in [6, 6.07) is 5.73. The summed E-state index contributed by atoms with van der Waals surface area (Å²) in [6.07, 6.45) is 3.22. The minimum absolute atomic E-state index is 0.0162. The normalized spacial score (nSPS) is 11.4. The van der Waals surface area contributed by atoms with Gasteiger partial charge in [0.15, 0.2) is 21.4 Å². The number of pyridine rings is 1. The number of aryl methyl sites for hydroxylation is 1. The van der Waals surface area contributed by atoms with Gasteiger partial charge in [-0.1, -0.05) is 0 Å². The zero-order valence-electron chi connectivity index (χ0n) is 15.4. The van der Waals surface area contributed by atoms with Gasteiger partial charge in [0.1, 0.15) is 18.2 Å². The molecule has 0 radical (unpaired) electrons. The summed E-state index contributed by atoms with van der Waals surface area (Å²) in [5.41, 5.74) is 0.759. The van der Waals surface area contributed by atoms with Gasteiger partial charge in [0.05, 0.1) is 16.7 Å². The van der Waals surface area contributed by atoms with Gasteiger partial charge in [-0.05, 0) is 36.8 Å². The predicted molar refractivity (Wildman–Crippen MR) is 99.1 cm³/mol. The molecular weight excluding hydrogens is 406 g/mol. The van der Waals surface area contributed by atoms with Crippen molar-refractivity contribution >= 4 is 15.8 Å². The largest absolute Gasteiger partial charge is 0.485 e. The van der Waals surface area contributed by atoms with E-state index in [1.807, 2.05) is 0 Å². The first-order valence-electron chi connectivity index (χ1n) is 8.25. The standard InChI is InChI=1S/C19H16F2N2O5S/c1-11-3-13(19(24)25)9-23(11)18-17(7-15(21)8-22-18)28-10-12-4-14(20)6-16(5-12)29(2,26)27/h3-9H,10H2,1-2H3,(H,24,25). The molecule has 0 spiro atoms. The summed E-state index contributed by atoms with van der Waals surface area (Å²) in [5, 5.41) is 9.14. The van der Waals surface area contributed by atoms with Crippen molar-refractivity contribution in [2.45, 2.75) is 18.4 Å². The van der Waals surface area contributed by atoms with Crippen molar-refractivity contribution in [1.29, 1.82) is 0 Å². The van der Waals surface area contributed by atoms with Gasteiger partial charge in [-0.3, -0.25) is 0 Å². The summed E-state index contributed by atoms with van der Waals surface area (Å²) in [6.45, 7) is 1.39. The first-order valence-corrected chi connectivity index (χ1v) is 10.1. The predicted octanol–water partition coefficient (Wildman–Crippen LogP) is 3.14. The molecule has 0 aliphatic carbocycles. The molecule has 2 heterocycles. The molecule has 1 N–H and O–H groups in total. The molecule has 29 heavy (non-hydrogen) atoms. The highest BCUT2D eigenvalue weighted by molar-refractivity contribution is 7.90. The highest BCUT2D eigenvalue weighted by Crippen LogP contribution is 2.26. The third kappa shape index (κ3) is 4.60. The number of nitrogens with zero attached hydrogens (tertiary/aromatic N) is 2. The summed E-state index contributed by atoms with van der Waals surface area (Å²) in [5.74, 6) is -2.47. The summed E-state index contributed by atoms with van der Waals surface area (Å²) in [7, 11) is -3.63. The van der Waals surface area contributed by atoms with Gasteiger partial charge < -0.3 is 14.4 Å². The fraction of sp³-hybridized carbons (Fsp3) is 0.158. The van der Waals surface area contributed by atoms with Crippen LogP contribution in [0.3, 0.4) is 0 Å². The number of benzene rings is 1. The van der Waals surface area contributed by atoms with Crippen LogP contribution in [0.4, 0.5) is 8.78 Å². The number of aromatic carboxylic acids is 1. The van der Waals surface area contributed by atoms with Gasteiger partial charge in [0.2, 0.25) is 0 Å². The molecule has 0 atom stereocenters. The molecule has 0 fully saturated rings. The van der Waals surface area contributed by atoms with Crippen LogP contribution in [0.15, 0.2) is 47.6 Å². The Hall–Kier alpha value is -3.27. The first-order chi connectivity index (χ1) is 13.5. The van der Waals surface area contributed by atoms with Gasteiger partial charge in [0, 0.05) is 24.2 Å². The van der Waals surface area contributed by atoms with Crippen molar-refractivity contribution in [2.24, 2.45) is 0 Å². The Kier molecular flexibility index (Phi) is 5.38. The number of carbonyl (C=O) groups is 1. The van der Waals surface area contributed by atoms with Crippen LogP contribution >= 0.6 is 0 Å². The van der Waals surface area contributed by atoms with Crippen molar-refractivity contribution < 1.29 is 31.8 Å². The smallest absolute Gasteiger partial charge is 0.337 e. The topological polar surface area (TPSA) is 98.5 Å². The van der Waals surface area contributed by atoms with Crippen molar-refractivity contribution in [3.05, 3.63) is 71.2 Å². The first kappa shape index (κ1) is 20.5. The van der Waals surface area contributed by atoms with Gasteiger partial charge in [-0.15, -0.1) is 0 Å². The van der Waals surface area contributed by atoms with E-state index in [0.717, 1.165) is 30.7 Å². The monoisotopic (exact) mass is 422 g/mol. The maximum Gasteiger partial charge on any atom is 0.337 e. The molecule has 0 unspecified atom stereocenters. The van der Waals surface area contributed by atoms with Crippen molar-refractivity contribution in [3.63, 3.8) is 0 Å². The summed E-state index contributed by atoms with van der Waals surface area (Å²) in [4.78, 5) is 14.9. The number of sulfone groups is 1. The van der Waals surface area contributed by atoms with Gasteiger partial charge in [-0.25, -0.2) is 27.0 Å². The Morgan fingerprint density at radius 2 is 1.90 bits per heavy atom. The highest BCUT2D eigenvalue weighted by Gasteiger charge is 2.16. The van der Waals surface area contributed by atoms with E-state index in [4.69, 9.17) is 9.84 Å². The van der Waals surface area contributed by atoms with Crippen LogP contribution in [0, 0.1) is 18.6 Å². The average molecular weight is 422 g/mol. The Bertz CT molecular complexity index is 1210. The number of ether oxygens (including phenoxy) is 1. The second kappa shape index (κ2) is 7.63. The number of hydrogen-bond donors (Lipinski definition) is 1. The SMILES string of the molecule is Cc1cc(C(=O)O)cn1-c1ncc(F)cc1OCc1cc(F)cc(S(C)(=O)=O)c1. The molecule has 7 nitrogen and oxygen atoms in total. The van der Waals surface area contributed by atoms with E-state index in [9.17, 15) is 22.0 Å². The van der Waals surface area contributed by atoms with Gasteiger partial charge in [0.25, 0.3) is 0 Å². The summed E-state index contributed by atoms with van der Waals surface area (Å²) < 4.78 is 57.8. The van der Waals surface area contributed by atoms with E-state index in [2.05, 4.69) is 4.98 Å². The maximum atomic E-state index is 13.8. The second-order valence-corrected chi connectivity index (χ2v) is 8.39. The van der Waals surface area contributed by atoms with E-state index >= 15 is 0 Å². The third-order valence-corrected chi connectivity index (χ3v) is 5.13. The van der Waals surface area contributed by atoms with Crippen molar-refractivity contribution in [2.75, 3.05) is 6.26 Å². The average Bonchev–Trinajstić information content (AvgIpc) is 3.01. The lowest BCUT2D eigenvalue weighted by atomic mass is 10.2. The fourth-order valence-corrected chi connectivity index (χ4v) is 3.39. The van der Waals surface area contributed by atoms with E-state index in [0.29, 0.717) is 5.69 Å². The van der Waals surface area contributed by atoms with E-state index in [-0.39, 0.29) is 34.2 Å². The fourth-order valence-electron chi connectivity index (χ4n) is 2.70. The quantitative estimate of drug-likeness (QED) is 0.655. The van der Waals surface area contributed by atoms with E-state index < -0.39 is 27.4 Å². The summed E-state index contributed by atoms with van der Waals surface area (Å²) >= 11 is 0.